The highest BCUT2D eigenvalue weighted by molar-refractivity contribution is 5.69. The lowest BCUT2D eigenvalue weighted by atomic mass is 10.1. The van der Waals surface area contributed by atoms with Crippen molar-refractivity contribution in [3.05, 3.63) is 0 Å². The molecule has 0 aromatic carbocycles. The maximum atomic E-state index is 12.4. The predicted molar refractivity (Wildman–Crippen MR) is 191 cm³/mol. The fourth-order valence-electron chi connectivity index (χ4n) is 6.09. The Labute approximate surface area is 280 Å². The second-order valence-electron chi connectivity index (χ2n) is 13.5. The Bertz CT molecular complexity index is 643. The lowest BCUT2D eigenvalue weighted by Gasteiger charge is -2.22. The van der Waals surface area contributed by atoms with E-state index in [1.807, 2.05) is 0 Å². The first-order valence-corrected chi connectivity index (χ1v) is 19.7. The Kier molecular flexibility index (Phi) is 33.3. The van der Waals surface area contributed by atoms with Gasteiger partial charge in [0.25, 0.3) is 0 Å². The van der Waals surface area contributed by atoms with Crippen molar-refractivity contribution in [3.63, 3.8) is 0 Å². The molecule has 0 aliphatic rings. The summed E-state index contributed by atoms with van der Waals surface area (Å²) in [4.78, 5) is 27.2. The molecule has 0 saturated carbocycles. The number of carbonyl (C=O) groups excluding carboxylic acids is 2. The first kappa shape index (κ1) is 43.9. The minimum absolute atomic E-state index is 0.00325. The number of hydrogen-bond donors (Lipinski definition) is 1. The number of hydrogen-bond acceptors (Lipinski definition) is 6. The van der Waals surface area contributed by atoms with Crippen molar-refractivity contribution >= 4 is 11.9 Å². The van der Waals surface area contributed by atoms with E-state index in [1.54, 1.807) is 0 Å². The Balaban J connectivity index is 4.01. The minimum Gasteiger partial charge on any atom is -0.462 e. The number of aliphatic hydroxyl groups excluding tert-OH is 1. The third kappa shape index (κ3) is 30.0. The highest BCUT2D eigenvalue weighted by atomic mass is 16.5. The van der Waals surface area contributed by atoms with Crippen molar-refractivity contribution in [2.75, 3.05) is 26.2 Å². The molecular weight excluding hydrogens is 562 g/mol. The number of esters is 2. The Morgan fingerprint density at radius 1 is 0.467 bits per heavy atom. The van der Waals surface area contributed by atoms with Gasteiger partial charge in [0, 0.05) is 26.0 Å². The Morgan fingerprint density at radius 3 is 1.38 bits per heavy atom. The van der Waals surface area contributed by atoms with E-state index in [0.717, 1.165) is 122 Å². The molecule has 0 spiro atoms. The van der Waals surface area contributed by atoms with Crippen molar-refractivity contribution in [1.29, 1.82) is 0 Å². The van der Waals surface area contributed by atoms with Crippen molar-refractivity contribution in [2.24, 2.45) is 0 Å². The van der Waals surface area contributed by atoms with Crippen LogP contribution in [0, 0.1) is 0 Å². The standard InChI is InChI=1S/C39H77NO5/c1-5-9-12-20-29-36(26-8-4)44-38(42)30-21-15-13-17-23-32-40(34-25-35-41)33-24-18-14-16-22-31-39(43)45-37(27-11-7-3)28-19-10-6-2/h36-37,41H,5-35H2,1-4H3. The highest BCUT2D eigenvalue weighted by Gasteiger charge is 2.15. The Hall–Kier alpha value is -1.14. The summed E-state index contributed by atoms with van der Waals surface area (Å²) in [6.45, 7) is 12.2. The topological polar surface area (TPSA) is 76.1 Å². The van der Waals surface area contributed by atoms with Gasteiger partial charge in [-0.3, -0.25) is 9.59 Å². The van der Waals surface area contributed by atoms with Gasteiger partial charge in [-0.15, -0.1) is 0 Å². The molecular formula is C39H77NO5. The number of rotatable bonds is 35. The molecule has 45 heavy (non-hydrogen) atoms. The summed E-state index contributed by atoms with van der Waals surface area (Å²) in [6, 6.07) is 0. The first-order valence-electron chi connectivity index (χ1n) is 19.7. The molecule has 6 nitrogen and oxygen atoms in total. The first-order chi connectivity index (χ1) is 22.0. The van der Waals surface area contributed by atoms with Gasteiger partial charge in [0.05, 0.1) is 0 Å². The lowest BCUT2D eigenvalue weighted by Crippen LogP contribution is -2.27. The molecule has 0 aliphatic carbocycles. The van der Waals surface area contributed by atoms with E-state index in [0.29, 0.717) is 12.8 Å². The smallest absolute Gasteiger partial charge is 0.306 e. The summed E-state index contributed by atoms with van der Waals surface area (Å²) in [5.41, 5.74) is 0. The SMILES string of the molecule is CCCCCCC(CCC)OC(=O)CCCCCCCN(CCCO)CCCCCCCC(=O)OC(CCCC)CCCCC. The van der Waals surface area contributed by atoms with Crippen LogP contribution in [0.4, 0.5) is 0 Å². The van der Waals surface area contributed by atoms with Crippen LogP contribution in [0.5, 0.6) is 0 Å². The maximum Gasteiger partial charge on any atom is 0.306 e. The van der Waals surface area contributed by atoms with E-state index in [-0.39, 0.29) is 30.8 Å². The van der Waals surface area contributed by atoms with Gasteiger partial charge in [0.1, 0.15) is 12.2 Å². The van der Waals surface area contributed by atoms with Crippen LogP contribution >= 0.6 is 0 Å². The van der Waals surface area contributed by atoms with Gasteiger partial charge >= 0.3 is 11.9 Å². The molecule has 0 heterocycles. The van der Waals surface area contributed by atoms with E-state index in [2.05, 4.69) is 32.6 Å². The Morgan fingerprint density at radius 2 is 0.867 bits per heavy atom. The van der Waals surface area contributed by atoms with Gasteiger partial charge in [-0.2, -0.15) is 0 Å². The zero-order valence-electron chi connectivity index (χ0n) is 30.6. The molecule has 6 heteroatoms. The number of ether oxygens (including phenoxy) is 2. The lowest BCUT2D eigenvalue weighted by molar-refractivity contribution is -0.151. The summed E-state index contributed by atoms with van der Waals surface area (Å²) in [7, 11) is 0. The molecule has 0 saturated heterocycles. The van der Waals surface area contributed by atoms with Gasteiger partial charge < -0.3 is 19.5 Å². The van der Waals surface area contributed by atoms with Crippen molar-refractivity contribution < 1.29 is 24.2 Å². The summed E-state index contributed by atoms with van der Waals surface area (Å²) in [5, 5.41) is 9.34. The fraction of sp³-hybridized carbons (Fsp3) is 0.949. The second-order valence-corrected chi connectivity index (χ2v) is 13.5. The molecule has 0 fully saturated rings. The van der Waals surface area contributed by atoms with Gasteiger partial charge in [-0.25, -0.2) is 0 Å². The quantitative estimate of drug-likeness (QED) is 0.0549. The van der Waals surface area contributed by atoms with Crippen molar-refractivity contribution in [1.82, 2.24) is 4.90 Å². The van der Waals surface area contributed by atoms with Gasteiger partial charge in [0.2, 0.25) is 0 Å². The molecule has 0 amide bonds. The normalized spacial score (nSPS) is 12.8. The minimum atomic E-state index is -0.00657. The highest BCUT2D eigenvalue weighted by Crippen LogP contribution is 2.17. The fourth-order valence-corrected chi connectivity index (χ4v) is 6.09. The zero-order valence-corrected chi connectivity index (χ0v) is 30.6. The van der Waals surface area contributed by atoms with Gasteiger partial charge in [0.15, 0.2) is 0 Å². The summed E-state index contributed by atoms with van der Waals surface area (Å²) in [5.74, 6) is -0.00982. The van der Waals surface area contributed by atoms with E-state index >= 15 is 0 Å². The van der Waals surface area contributed by atoms with Crippen LogP contribution in [0.2, 0.25) is 0 Å². The molecule has 2 atom stereocenters. The van der Waals surface area contributed by atoms with Crippen LogP contribution in [0.15, 0.2) is 0 Å². The average molecular weight is 640 g/mol. The number of carbonyl (C=O) groups is 2. The third-order valence-electron chi connectivity index (χ3n) is 8.94. The van der Waals surface area contributed by atoms with Crippen LogP contribution in [0.1, 0.15) is 201 Å². The molecule has 1 N–H and O–H groups in total. The molecule has 0 aliphatic heterocycles. The molecule has 0 radical (unpaired) electrons. The van der Waals surface area contributed by atoms with Crippen LogP contribution in [0.25, 0.3) is 0 Å². The van der Waals surface area contributed by atoms with Gasteiger partial charge in [-0.1, -0.05) is 118 Å². The van der Waals surface area contributed by atoms with E-state index in [9.17, 15) is 14.7 Å². The zero-order chi connectivity index (χ0) is 33.2. The molecule has 0 bridgehead atoms. The summed E-state index contributed by atoms with van der Waals surface area (Å²) >= 11 is 0. The van der Waals surface area contributed by atoms with E-state index in [4.69, 9.17) is 9.47 Å². The third-order valence-corrected chi connectivity index (χ3v) is 8.94. The maximum absolute atomic E-state index is 12.4. The predicted octanol–water partition coefficient (Wildman–Crippen LogP) is 10.7. The van der Waals surface area contributed by atoms with Crippen molar-refractivity contribution in [2.45, 2.75) is 213 Å². The molecule has 0 aromatic rings. The van der Waals surface area contributed by atoms with E-state index < -0.39 is 0 Å². The van der Waals surface area contributed by atoms with Gasteiger partial charge in [-0.05, 0) is 83.7 Å². The summed E-state index contributed by atoms with van der Waals surface area (Å²) < 4.78 is 11.6. The monoisotopic (exact) mass is 640 g/mol. The second kappa shape index (κ2) is 34.2. The molecule has 0 rings (SSSR count). The number of aliphatic hydroxyl groups is 1. The van der Waals surface area contributed by atoms with Crippen LogP contribution < -0.4 is 0 Å². The van der Waals surface area contributed by atoms with Crippen LogP contribution in [-0.2, 0) is 19.1 Å². The molecule has 0 aromatic heterocycles. The molecule has 268 valence electrons. The number of nitrogens with zero attached hydrogens (tertiary/aromatic N) is 1. The van der Waals surface area contributed by atoms with Crippen LogP contribution in [0.3, 0.4) is 0 Å². The van der Waals surface area contributed by atoms with E-state index in [1.165, 1.54) is 57.8 Å². The number of unbranched alkanes of at least 4 members (excludes halogenated alkanes) is 14. The summed E-state index contributed by atoms with van der Waals surface area (Å²) in [6.07, 6.45) is 29.1. The average Bonchev–Trinajstić information content (AvgIpc) is 3.03. The van der Waals surface area contributed by atoms with Crippen molar-refractivity contribution in [3.8, 4) is 0 Å². The van der Waals surface area contributed by atoms with Crippen LogP contribution in [-0.4, -0.2) is 60.4 Å². The molecule has 2 unspecified atom stereocenters. The largest absolute Gasteiger partial charge is 0.462 e.